The van der Waals surface area contributed by atoms with Crippen LogP contribution in [0.3, 0.4) is 0 Å². The van der Waals surface area contributed by atoms with Gasteiger partial charge in [-0.2, -0.15) is 0 Å². The van der Waals surface area contributed by atoms with E-state index in [1.165, 1.54) is 14.2 Å². The summed E-state index contributed by atoms with van der Waals surface area (Å²) in [7, 11) is 5.58. The summed E-state index contributed by atoms with van der Waals surface area (Å²) in [6, 6.07) is 7.04. The van der Waals surface area contributed by atoms with Crippen LogP contribution in [0.2, 0.25) is 0 Å². The number of nitrogens with zero attached hydrogens (tertiary/aromatic N) is 6. The minimum Gasteiger partial charge on any atom is -0.465 e. The SMILES string of the molecule is COC(=O)c1cc(B2OC(C)(C)C(C)(C)O2)cc2nnn(C)c12.COC(=O)c1cc(Br)cc2nnn(C)c12. The van der Waals surface area contributed by atoms with Crippen LogP contribution in [0, 0.1) is 0 Å². The molecule has 2 aromatic heterocycles. The molecule has 14 heteroatoms. The number of hydrogen-bond acceptors (Lipinski definition) is 10. The second-order valence-electron chi connectivity index (χ2n) is 9.75. The molecule has 5 rings (SSSR count). The first-order valence-corrected chi connectivity index (χ1v) is 12.4. The van der Waals surface area contributed by atoms with Gasteiger partial charge in [0, 0.05) is 18.6 Å². The maximum atomic E-state index is 12.1. The lowest BCUT2D eigenvalue weighted by Gasteiger charge is -2.32. The minimum absolute atomic E-state index is 0.391. The van der Waals surface area contributed by atoms with Crippen molar-refractivity contribution in [3.8, 4) is 0 Å². The van der Waals surface area contributed by atoms with E-state index in [0.29, 0.717) is 33.2 Å². The van der Waals surface area contributed by atoms with E-state index in [2.05, 4.69) is 36.6 Å². The number of ether oxygens (including phenoxy) is 2. The number of aromatic nitrogens is 6. The largest absolute Gasteiger partial charge is 0.494 e. The standard InChI is InChI=1S/C15H20BN3O4.C9H8BrN3O2/c1-14(2)15(3,4)23-16(22-14)9-7-10(13(20)21-6)12-11(8-9)17-18-19(12)5;1-13-8-6(9(14)15-2)3-5(10)4-7(8)11-12-13/h7-8H,1-6H3;3-4H,1-2H3. The lowest BCUT2D eigenvalue weighted by Crippen LogP contribution is -2.41. The monoisotopic (exact) mass is 586 g/mol. The number of carbonyl (C=O) groups is 2. The molecule has 1 saturated heterocycles. The normalized spacial score (nSPS) is 15.9. The second-order valence-corrected chi connectivity index (χ2v) is 10.7. The smallest absolute Gasteiger partial charge is 0.465 e. The van der Waals surface area contributed by atoms with Gasteiger partial charge in [-0.15, -0.1) is 10.2 Å². The van der Waals surface area contributed by atoms with Crippen molar-refractivity contribution >= 4 is 62.5 Å². The molecule has 12 nitrogen and oxygen atoms in total. The number of halogens is 1. The molecule has 0 saturated carbocycles. The Kier molecular flexibility index (Phi) is 7.34. The first-order chi connectivity index (χ1) is 17.8. The van der Waals surface area contributed by atoms with E-state index in [1.54, 1.807) is 41.7 Å². The van der Waals surface area contributed by atoms with Gasteiger partial charge in [-0.1, -0.05) is 26.4 Å². The highest BCUT2D eigenvalue weighted by Crippen LogP contribution is 2.36. The molecule has 1 aliphatic heterocycles. The number of esters is 2. The van der Waals surface area contributed by atoms with Crippen LogP contribution < -0.4 is 5.46 Å². The molecule has 0 bridgehead atoms. The number of methoxy groups -OCH3 is 2. The molecule has 0 N–H and O–H groups in total. The summed E-state index contributed by atoms with van der Waals surface area (Å²) in [5.74, 6) is -0.842. The van der Waals surface area contributed by atoms with Crippen molar-refractivity contribution in [1.82, 2.24) is 30.0 Å². The molecule has 200 valence electrons. The third-order valence-corrected chi connectivity index (χ3v) is 7.18. The molecule has 3 heterocycles. The topological polar surface area (TPSA) is 132 Å². The third-order valence-electron chi connectivity index (χ3n) is 6.72. The van der Waals surface area contributed by atoms with Crippen LogP contribution in [0.15, 0.2) is 28.7 Å². The zero-order valence-electron chi connectivity index (χ0n) is 22.4. The summed E-state index contributed by atoms with van der Waals surface area (Å²) in [6.07, 6.45) is 0. The molecule has 0 amide bonds. The summed E-state index contributed by atoms with van der Waals surface area (Å²) >= 11 is 3.31. The average Bonchev–Trinajstić information content (AvgIpc) is 3.50. The highest BCUT2D eigenvalue weighted by Gasteiger charge is 2.52. The fourth-order valence-corrected chi connectivity index (χ4v) is 4.47. The van der Waals surface area contributed by atoms with Crippen LogP contribution in [-0.2, 0) is 32.9 Å². The molecule has 0 aliphatic carbocycles. The van der Waals surface area contributed by atoms with Crippen molar-refractivity contribution in [1.29, 1.82) is 0 Å². The van der Waals surface area contributed by atoms with Crippen molar-refractivity contribution < 1.29 is 28.4 Å². The van der Waals surface area contributed by atoms with Crippen LogP contribution in [-0.4, -0.2) is 74.5 Å². The molecule has 38 heavy (non-hydrogen) atoms. The first kappa shape index (κ1) is 27.7. The summed E-state index contributed by atoms with van der Waals surface area (Å²) in [6.45, 7) is 7.92. The minimum atomic E-state index is -0.574. The van der Waals surface area contributed by atoms with Crippen LogP contribution in [0.1, 0.15) is 48.4 Å². The van der Waals surface area contributed by atoms with Gasteiger partial charge in [0.2, 0.25) is 0 Å². The Bertz CT molecular complexity index is 1530. The molecule has 0 spiro atoms. The second kappa shape index (κ2) is 10.1. The van der Waals surface area contributed by atoms with Gasteiger partial charge < -0.3 is 18.8 Å². The van der Waals surface area contributed by atoms with Gasteiger partial charge in [-0.3, -0.25) is 0 Å². The Hall–Kier alpha value is -3.36. The first-order valence-electron chi connectivity index (χ1n) is 11.6. The number of rotatable bonds is 3. The highest BCUT2D eigenvalue weighted by molar-refractivity contribution is 9.10. The molecule has 0 unspecified atom stereocenters. The number of hydrogen-bond donors (Lipinski definition) is 0. The van der Waals surface area contributed by atoms with E-state index in [0.717, 1.165) is 9.94 Å². The molecular weight excluding hydrogens is 559 g/mol. The summed E-state index contributed by atoms with van der Waals surface area (Å²) in [4.78, 5) is 23.6. The van der Waals surface area contributed by atoms with Crippen LogP contribution in [0.25, 0.3) is 22.1 Å². The Morgan fingerprint density at radius 3 is 1.74 bits per heavy atom. The Balaban J connectivity index is 0.000000194. The van der Waals surface area contributed by atoms with Gasteiger partial charge >= 0.3 is 19.1 Å². The predicted octanol–water partition coefficient (Wildman–Crippen LogP) is 2.57. The Morgan fingerprint density at radius 2 is 1.26 bits per heavy atom. The lowest BCUT2D eigenvalue weighted by atomic mass is 9.78. The molecule has 2 aromatic carbocycles. The Labute approximate surface area is 227 Å². The molecule has 1 aliphatic rings. The van der Waals surface area contributed by atoms with E-state index >= 15 is 0 Å². The van der Waals surface area contributed by atoms with Crippen molar-refractivity contribution in [3.63, 3.8) is 0 Å². The van der Waals surface area contributed by atoms with Crippen molar-refractivity contribution in [2.24, 2.45) is 14.1 Å². The Morgan fingerprint density at radius 1 is 0.816 bits per heavy atom. The fourth-order valence-electron chi connectivity index (χ4n) is 4.02. The maximum absolute atomic E-state index is 12.1. The van der Waals surface area contributed by atoms with Gasteiger partial charge in [0.1, 0.15) is 22.1 Å². The fraction of sp³-hybridized carbons (Fsp3) is 0.417. The van der Waals surface area contributed by atoms with Gasteiger partial charge in [0.25, 0.3) is 0 Å². The lowest BCUT2D eigenvalue weighted by molar-refractivity contribution is 0.00578. The summed E-state index contributed by atoms with van der Waals surface area (Å²) < 4.78 is 25.5. The average molecular weight is 587 g/mol. The van der Waals surface area contributed by atoms with Crippen molar-refractivity contribution in [2.45, 2.75) is 38.9 Å². The van der Waals surface area contributed by atoms with Gasteiger partial charge in [0.05, 0.1) is 36.5 Å². The third kappa shape index (κ3) is 4.90. The quantitative estimate of drug-likeness (QED) is 0.260. The molecule has 0 radical (unpaired) electrons. The zero-order chi connectivity index (χ0) is 28.0. The summed E-state index contributed by atoms with van der Waals surface area (Å²) in [5.41, 5.74) is 3.20. The molecule has 1 fully saturated rings. The number of fused-ring (bicyclic) bond motifs is 2. The van der Waals surface area contributed by atoms with Crippen molar-refractivity contribution in [3.05, 3.63) is 39.9 Å². The molecule has 0 atom stereocenters. The molecule has 4 aromatic rings. The predicted molar refractivity (Wildman–Crippen MR) is 143 cm³/mol. The van der Waals surface area contributed by atoms with Crippen molar-refractivity contribution in [2.75, 3.05) is 14.2 Å². The molecular formula is C24H28BBrN6O6. The maximum Gasteiger partial charge on any atom is 0.494 e. The summed E-state index contributed by atoms with van der Waals surface area (Å²) in [5, 5.41) is 15.9. The zero-order valence-corrected chi connectivity index (χ0v) is 24.0. The van der Waals surface area contributed by atoms with E-state index in [4.69, 9.17) is 18.8 Å². The van der Waals surface area contributed by atoms with Gasteiger partial charge in [-0.25, -0.2) is 19.0 Å². The van der Waals surface area contributed by atoms with Crippen LogP contribution >= 0.6 is 15.9 Å². The van der Waals surface area contributed by atoms with E-state index in [9.17, 15) is 9.59 Å². The van der Waals surface area contributed by atoms with Gasteiger partial charge in [-0.05, 0) is 57.4 Å². The van der Waals surface area contributed by atoms with Crippen LogP contribution in [0.4, 0.5) is 0 Å². The number of aryl methyl sites for hydroxylation is 2. The van der Waals surface area contributed by atoms with Gasteiger partial charge in [0.15, 0.2) is 0 Å². The van der Waals surface area contributed by atoms with E-state index < -0.39 is 30.3 Å². The number of benzene rings is 2. The highest BCUT2D eigenvalue weighted by atomic mass is 79.9. The number of carbonyl (C=O) groups excluding carboxylic acids is 2. The van der Waals surface area contributed by atoms with Crippen LogP contribution in [0.5, 0.6) is 0 Å². The van der Waals surface area contributed by atoms with E-state index in [-0.39, 0.29) is 0 Å². The van der Waals surface area contributed by atoms with E-state index in [1.807, 2.05) is 33.8 Å².